The topological polar surface area (TPSA) is 206 Å². The SMILES string of the molecule is C=Cc1ccc(C(=O)Nc2nc(NC3CCCCC3N=C(N)N)c3cc(C)ccc3n2)cc1.O=C(O)C(F)(F)F.O=C(O)C(F)(F)F. The number of carboxylic acid groups (broad SMARTS) is 2. The fourth-order valence-electron chi connectivity index (χ4n) is 4.15. The van der Waals surface area contributed by atoms with E-state index in [0.717, 1.165) is 47.7 Å². The van der Waals surface area contributed by atoms with Crippen LogP contribution in [0.1, 0.15) is 47.2 Å². The molecular formula is C29H31F6N7O5. The average molecular weight is 672 g/mol. The molecule has 0 spiro atoms. The highest BCUT2D eigenvalue weighted by Crippen LogP contribution is 2.29. The molecule has 1 aromatic heterocycles. The van der Waals surface area contributed by atoms with Crippen molar-refractivity contribution in [3.8, 4) is 0 Å². The maximum Gasteiger partial charge on any atom is 0.490 e. The van der Waals surface area contributed by atoms with Gasteiger partial charge in [-0.2, -0.15) is 31.3 Å². The summed E-state index contributed by atoms with van der Waals surface area (Å²) in [6.07, 6.45) is -4.44. The Bertz CT molecular complexity index is 1580. The van der Waals surface area contributed by atoms with Gasteiger partial charge in [0.25, 0.3) is 5.91 Å². The first-order valence-corrected chi connectivity index (χ1v) is 13.6. The van der Waals surface area contributed by atoms with Crippen molar-refractivity contribution in [2.45, 2.75) is 57.0 Å². The van der Waals surface area contributed by atoms with Crippen LogP contribution in [0.2, 0.25) is 0 Å². The van der Waals surface area contributed by atoms with Gasteiger partial charge in [0.15, 0.2) is 5.96 Å². The van der Waals surface area contributed by atoms with Gasteiger partial charge in [-0.3, -0.25) is 10.1 Å². The van der Waals surface area contributed by atoms with E-state index >= 15 is 0 Å². The van der Waals surface area contributed by atoms with Gasteiger partial charge < -0.3 is 27.0 Å². The van der Waals surface area contributed by atoms with Crippen molar-refractivity contribution in [3.05, 3.63) is 65.7 Å². The van der Waals surface area contributed by atoms with Crippen LogP contribution >= 0.6 is 0 Å². The molecule has 4 rings (SSSR count). The van der Waals surface area contributed by atoms with E-state index in [4.69, 9.17) is 31.3 Å². The van der Waals surface area contributed by atoms with E-state index in [1.165, 1.54) is 0 Å². The normalized spacial score (nSPS) is 15.9. The number of nitrogens with one attached hydrogen (secondary N) is 2. The third-order valence-electron chi connectivity index (χ3n) is 6.34. The third kappa shape index (κ3) is 12.1. The Kier molecular flexibility index (Phi) is 13.0. The molecule has 1 saturated carbocycles. The van der Waals surface area contributed by atoms with Crippen molar-refractivity contribution in [2.24, 2.45) is 16.5 Å². The molecule has 0 bridgehead atoms. The van der Waals surface area contributed by atoms with E-state index < -0.39 is 24.3 Å². The molecule has 1 fully saturated rings. The highest BCUT2D eigenvalue weighted by atomic mass is 19.4. The molecule has 2 atom stereocenters. The first-order valence-electron chi connectivity index (χ1n) is 13.6. The molecule has 3 aromatic rings. The Morgan fingerprint density at radius 3 is 2.00 bits per heavy atom. The standard InChI is InChI=1S/C25H29N7O.2C2HF3O2/c1-3-16-9-11-17(12-10-16)23(33)32-25-30-19-13-8-15(2)14-18(19)22(31-25)28-20-6-4-5-7-21(20)29-24(26)27;2*3-2(4,5)1(6)7/h3,8-14,20-21H,1,4-7H2,2H3,(H4,26,27,29)(H2,28,30,31,32,33);2*(H,6,7). The van der Waals surface area contributed by atoms with Crippen molar-refractivity contribution < 1.29 is 50.9 Å². The Balaban J connectivity index is 0.000000459. The monoisotopic (exact) mass is 671 g/mol. The second kappa shape index (κ2) is 16.2. The summed E-state index contributed by atoms with van der Waals surface area (Å²) < 4.78 is 63.5. The zero-order valence-electron chi connectivity index (χ0n) is 24.7. The number of hydrogen-bond donors (Lipinski definition) is 6. The molecule has 1 amide bonds. The van der Waals surface area contributed by atoms with Crippen molar-refractivity contribution in [1.82, 2.24) is 9.97 Å². The maximum absolute atomic E-state index is 12.8. The number of hydrogen-bond acceptors (Lipinski definition) is 7. The lowest BCUT2D eigenvalue weighted by Crippen LogP contribution is -2.38. The lowest BCUT2D eigenvalue weighted by atomic mass is 9.90. The van der Waals surface area contributed by atoms with E-state index in [2.05, 4.69) is 32.2 Å². The molecule has 2 aromatic carbocycles. The summed E-state index contributed by atoms with van der Waals surface area (Å²) in [5.41, 5.74) is 14.6. The number of amides is 1. The van der Waals surface area contributed by atoms with Gasteiger partial charge in [0, 0.05) is 10.9 Å². The highest BCUT2D eigenvalue weighted by Gasteiger charge is 2.39. The Morgan fingerprint density at radius 2 is 1.49 bits per heavy atom. The van der Waals surface area contributed by atoms with Crippen LogP contribution in [0.25, 0.3) is 17.0 Å². The second-order valence-corrected chi connectivity index (χ2v) is 9.96. The summed E-state index contributed by atoms with van der Waals surface area (Å²) in [7, 11) is 0. The minimum atomic E-state index is -5.08. The third-order valence-corrected chi connectivity index (χ3v) is 6.34. The summed E-state index contributed by atoms with van der Waals surface area (Å²) in [6.45, 7) is 5.76. The van der Waals surface area contributed by atoms with Gasteiger partial charge in [0.1, 0.15) is 5.82 Å². The van der Waals surface area contributed by atoms with Crippen molar-refractivity contribution in [3.63, 3.8) is 0 Å². The number of aliphatic imine (C=N–C) groups is 1. The summed E-state index contributed by atoms with van der Waals surface area (Å²) in [5, 5.41) is 21.5. The molecule has 1 aliphatic carbocycles. The van der Waals surface area contributed by atoms with Crippen LogP contribution < -0.4 is 22.1 Å². The molecule has 0 aliphatic heterocycles. The van der Waals surface area contributed by atoms with Gasteiger partial charge >= 0.3 is 24.3 Å². The number of fused-ring (bicyclic) bond motifs is 1. The lowest BCUT2D eigenvalue weighted by molar-refractivity contribution is -0.193. The predicted octanol–water partition coefficient (Wildman–Crippen LogP) is 5.10. The smallest absolute Gasteiger partial charge is 0.475 e. The number of nitrogens with two attached hydrogens (primary N) is 2. The number of benzene rings is 2. The zero-order valence-corrected chi connectivity index (χ0v) is 24.7. The number of rotatable bonds is 6. The number of halogens is 6. The van der Waals surface area contributed by atoms with E-state index in [-0.39, 0.29) is 29.9 Å². The number of anilines is 2. The fraction of sp³-hybridized carbons (Fsp3) is 0.310. The molecule has 47 heavy (non-hydrogen) atoms. The van der Waals surface area contributed by atoms with E-state index in [0.29, 0.717) is 11.4 Å². The number of carbonyl (C=O) groups is 3. The zero-order chi connectivity index (χ0) is 35.5. The molecule has 254 valence electrons. The van der Waals surface area contributed by atoms with Gasteiger partial charge in [0.2, 0.25) is 5.95 Å². The molecule has 0 radical (unpaired) electrons. The molecule has 2 unspecified atom stereocenters. The Morgan fingerprint density at radius 1 is 0.936 bits per heavy atom. The van der Waals surface area contributed by atoms with Crippen molar-refractivity contribution in [2.75, 3.05) is 10.6 Å². The Hall–Kier alpha value is -5.42. The second-order valence-electron chi connectivity index (χ2n) is 9.96. The molecule has 1 aliphatic rings. The minimum Gasteiger partial charge on any atom is -0.475 e. The van der Waals surface area contributed by atoms with Crippen LogP contribution in [0, 0.1) is 6.92 Å². The van der Waals surface area contributed by atoms with Gasteiger partial charge in [-0.25, -0.2) is 19.6 Å². The molecule has 0 saturated heterocycles. The quantitative estimate of drug-likeness (QED) is 0.116. The van der Waals surface area contributed by atoms with Crippen LogP contribution in [0.4, 0.5) is 38.1 Å². The summed E-state index contributed by atoms with van der Waals surface area (Å²) >= 11 is 0. The lowest BCUT2D eigenvalue weighted by Gasteiger charge is -2.30. The molecule has 12 nitrogen and oxygen atoms in total. The van der Waals surface area contributed by atoms with Gasteiger partial charge in [-0.1, -0.05) is 49.3 Å². The average Bonchev–Trinajstić information content (AvgIpc) is 2.98. The molecule has 18 heteroatoms. The predicted molar refractivity (Wildman–Crippen MR) is 162 cm³/mol. The van der Waals surface area contributed by atoms with Crippen LogP contribution in [0.5, 0.6) is 0 Å². The van der Waals surface area contributed by atoms with Gasteiger partial charge in [-0.05, 0) is 49.6 Å². The summed E-state index contributed by atoms with van der Waals surface area (Å²) in [5.74, 6) is -4.81. The number of carboxylic acids is 2. The number of aliphatic carboxylic acids is 2. The number of aromatic nitrogens is 2. The molecular weight excluding hydrogens is 640 g/mol. The number of alkyl halides is 6. The first kappa shape index (κ1) is 37.8. The van der Waals surface area contributed by atoms with Crippen molar-refractivity contribution >= 4 is 52.6 Å². The summed E-state index contributed by atoms with van der Waals surface area (Å²) in [6, 6.07) is 13.1. The van der Waals surface area contributed by atoms with Gasteiger partial charge in [0.05, 0.1) is 17.6 Å². The molecule has 1 heterocycles. The minimum absolute atomic E-state index is 0.0278. The largest absolute Gasteiger partial charge is 0.490 e. The number of nitrogens with zero attached hydrogens (tertiary/aromatic N) is 3. The van der Waals surface area contributed by atoms with Crippen molar-refractivity contribution in [1.29, 1.82) is 0 Å². The van der Waals surface area contributed by atoms with E-state index in [1.807, 2.05) is 37.3 Å². The van der Waals surface area contributed by atoms with Crippen LogP contribution in [0.3, 0.4) is 0 Å². The number of carbonyl (C=O) groups excluding carboxylic acids is 1. The fourth-order valence-corrected chi connectivity index (χ4v) is 4.15. The van der Waals surface area contributed by atoms with Crippen LogP contribution in [-0.4, -0.2) is 68.4 Å². The molecule has 8 N–H and O–H groups in total. The van der Waals surface area contributed by atoms with E-state index in [9.17, 15) is 31.1 Å². The van der Waals surface area contributed by atoms with Crippen LogP contribution in [0.15, 0.2) is 54.0 Å². The van der Waals surface area contributed by atoms with Gasteiger partial charge in [-0.15, -0.1) is 0 Å². The summed E-state index contributed by atoms with van der Waals surface area (Å²) in [4.78, 5) is 44.3. The first-order chi connectivity index (χ1) is 21.8. The number of aryl methyl sites for hydroxylation is 1. The van der Waals surface area contributed by atoms with E-state index in [1.54, 1.807) is 18.2 Å². The maximum atomic E-state index is 12.8. The van der Waals surface area contributed by atoms with Crippen LogP contribution in [-0.2, 0) is 9.59 Å². The number of guanidine groups is 1. The Labute approximate surface area is 263 Å². The highest BCUT2D eigenvalue weighted by molar-refractivity contribution is 6.04.